The molecule has 0 aromatic carbocycles. The minimum atomic E-state index is 0.437. The van der Waals surface area contributed by atoms with E-state index in [2.05, 4.69) is 42.0 Å². The summed E-state index contributed by atoms with van der Waals surface area (Å²) in [6.07, 6.45) is 0. The molecule has 0 radical (unpaired) electrons. The molecule has 2 heteroatoms. The van der Waals surface area contributed by atoms with Gasteiger partial charge in [0.1, 0.15) is 0 Å². The molecule has 7 heavy (non-hydrogen) atoms. The summed E-state index contributed by atoms with van der Waals surface area (Å²) < 4.78 is 0. The summed E-state index contributed by atoms with van der Waals surface area (Å²) in [5, 5.41) is 3.22. The molecule has 0 saturated carbocycles. The van der Waals surface area contributed by atoms with Crippen molar-refractivity contribution in [1.82, 2.24) is 5.32 Å². The Kier molecular flexibility index (Phi) is 3.66. The average molecular weight is 166 g/mol. The van der Waals surface area contributed by atoms with Crippen LogP contribution >= 0.6 is 15.9 Å². The van der Waals surface area contributed by atoms with E-state index in [-0.39, 0.29) is 0 Å². The average Bonchev–Trinajstić information content (AvgIpc) is 1.27. The molecule has 1 unspecified atom stereocenters. The van der Waals surface area contributed by atoms with Gasteiger partial charge in [-0.2, -0.15) is 0 Å². The lowest BCUT2D eigenvalue weighted by Crippen LogP contribution is -2.27. The van der Waals surface area contributed by atoms with Crippen molar-refractivity contribution in [2.45, 2.75) is 31.8 Å². The Bertz CT molecular complexity index is 37.3. The van der Waals surface area contributed by atoms with Crippen LogP contribution in [-0.2, 0) is 0 Å². The molecule has 44 valence electrons. The second-order valence-corrected chi connectivity index (χ2v) is 3.31. The third kappa shape index (κ3) is 6.44. The van der Waals surface area contributed by atoms with E-state index in [4.69, 9.17) is 0 Å². The molecular weight excluding hydrogens is 154 g/mol. The van der Waals surface area contributed by atoms with Crippen molar-refractivity contribution in [2.24, 2.45) is 0 Å². The Morgan fingerprint density at radius 3 is 1.71 bits per heavy atom. The number of halogens is 1. The quantitative estimate of drug-likeness (QED) is 0.486. The van der Waals surface area contributed by atoms with Crippen molar-refractivity contribution in [2.75, 3.05) is 0 Å². The third-order valence-corrected chi connectivity index (χ3v) is 0.827. The van der Waals surface area contributed by atoms with Crippen LogP contribution in [0.15, 0.2) is 0 Å². The SMILES string of the molecule is CC(C)NC(C)Br. The van der Waals surface area contributed by atoms with E-state index in [0.717, 1.165) is 0 Å². The van der Waals surface area contributed by atoms with Crippen LogP contribution in [0.1, 0.15) is 20.8 Å². The van der Waals surface area contributed by atoms with Gasteiger partial charge in [-0.15, -0.1) is 0 Å². The Hall–Kier alpha value is 0.440. The fraction of sp³-hybridized carbons (Fsp3) is 1.00. The molecule has 0 aromatic rings. The molecule has 0 bridgehead atoms. The zero-order valence-electron chi connectivity index (χ0n) is 5.03. The van der Waals surface area contributed by atoms with E-state index < -0.39 is 0 Å². The molecule has 1 atom stereocenters. The van der Waals surface area contributed by atoms with Gasteiger partial charge in [0, 0.05) is 6.04 Å². The van der Waals surface area contributed by atoms with Gasteiger partial charge in [0.05, 0.1) is 4.95 Å². The van der Waals surface area contributed by atoms with Crippen molar-refractivity contribution >= 4 is 15.9 Å². The van der Waals surface area contributed by atoms with Gasteiger partial charge >= 0.3 is 0 Å². The Balaban J connectivity index is 2.95. The van der Waals surface area contributed by atoms with Crippen LogP contribution in [0.5, 0.6) is 0 Å². The summed E-state index contributed by atoms with van der Waals surface area (Å²) in [4.78, 5) is 0.437. The van der Waals surface area contributed by atoms with Crippen molar-refractivity contribution in [3.8, 4) is 0 Å². The minimum absolute atomic E-state index is 0.437. The fourth-order valence-electron chi connectivity index (χ4n) is 0.459. The lowest BCUT2D eigenvalue weighted by Gasteiger charge is -2.08. The molecule has 0 heterocycles. The van der Waals surface area contributed by atoms with Crippen LogP contribution < -0.4 is 5.32 Å². The first-order valence-electron chi connectivity index (χ1n) is 2.53. The molecule has 0 aliphatic rings. The first-order chi connectivity index (χ1) is 3.13. The second kappa shape index (κ2) is 3.44. The summed E-state index contributed by atoms with van der Waals surface area (Å²) in [7, 11) is 0. The summed E-state index contributed by atoms with van der Waals surface area (Å²) in [5.41, 5.74) is 0. The molecule has 1 N–H and O–H groups in total. The van der Waals surface area contributed by atoms with E-state index in [1.807, 2.05) is 0 Å². The largest absolute Gasteiger partial charge is 0.303 e. The highest BCUT2D eigenvalue weighted by molar-refractivity contribution is 9.09. The highest BCUT2D eigenvalue weighted by Crippen LogP contribution is 1.92. The molecule has 0 saturated heterocycles. The predicted octanol–water partition coefficient (Wildman–Crippen LogP) is 1.73. The van der Waals surface area contributed by atoms with E-state index in [1.165, 1.54) is 0 Å². The van der Waals surface area contributed by atoms with Crippen LogP contribution in [0.3, 0.4) is 0 Å². The van der Waals surface area contributed by atoms with E-state index in [1.54, 1.807) is 0 Å². The van der Waals surface area contributed by atoms with Crippen LogP contribution in [0.4, 0.5) is 0 Å². The van der Waals surface area contributed by atoms with Crippen LogP contribution in [0, 0.1) is 0 Å². The number of nitrogens with one attached hydrogen (secondary N) is 1. The lowest BCUT2D eigenvalue weighted by atomic mass is 10.4. The van der Waals surface area contributed by atoms with Crippen LogP contribution in [0.2, 0.25) is 0 Å². The maximum absolute atomic E-state index is 3.36. The van der Waals surface area contributed by atoms with E-state index in [9.17, 15) is 0 Å². The highest BCUT2D eigenvalue weighted by atomic mass is 79.9. The van der Waals surface area contributed by atoms with Crippen molar-refractivity contribution in [3.63, 3.8) is 0 Å². The maximum Gasteiger partial charge on any atom is 0.0603 e. The molecule has 0 fully saturated rings. The van der Waals surface area contributed by atoms with Gasteiger partial charge in [-0.05, 0) is 20.8 Å². The maximum atomic E-state index is 3.36. The first kappa shape index (κ1) is 7.44. The van der Waals surface area contributed by atoms with Gasteiger partial charge in [-0.25, -0.2) is 0 Å². The summed E-state index contributed by atoms with van der Waals surface area (Å²) >= 11 is 3.36. The first-order valence-corrected chi connectivity index (χ1v) is 3.44. The molecule has 0 aliphatic heterocycles. The fourth-order valence-corrected chi connectivity index (χ4v) is 0.988. The molecule has 0 spiro atoms. The summed E-state index contributed by atoms with van der Waals surface area (Å²) in [6, 6.07) is 0.578. The molecular formula is C5H12BrN. The zero-order chi connectivity index (χ0) is 5.86. The molecule has 0 rings (SSSR count). The smallest absolute Gasteiger partial charge is 0.0603 e. The minimum Gasteiger partial charge on any atom is -0.303 e. The summed E-state index contributed by atoms with van der Waals surface area (Å²) in [5.74, 6) is 0. The van der Waals surface area contributed by atoms with Gasteiger partial charge in [-0.1, -0.05) is 15.9 Å². The number of alkyl halides is 1. The van der Waals surface area contributed by atoms with E-state index >= 15 is 0 Å². The third-order valence-electron chi connectivity index (χ3n) is 0.563. The van der Waals surface area contributed by atoms with Gasteiger partial charge < -0.3 is 5.32 Å². The molecule has 1 nitrogen and oxygen atoms in total. The van der Waals surface area contributed by atoms with Gasteiger partial charge in [0.15, 0.2) is 0 Å². The molecule has 0 aromatic heterocycles. The van der Waals surface area contributed by atoms with Gasteiger partial charge in [-0.3, -0.25) is 0 Å². The zero-order valence-corrected chi connectivity index (χ0v) is 6.62. The van der Waals surface area contributed by atoms with Crippen LogP contribution in [0.25, 0.3) is 0 Å². The van der Waals surface area contributed by atoms with Crippen molar-refractivity contribution in [1.29, 1.82) is 0 Å². The summed E-state index contributed by atoms with van der Waals surface area (Å²) in [6.45, 7) is 6.32. The number of rotatable bonds is 2. The topological polar surface area (TPSA) is 12.0 Å². The predicted molar refractivity (Wildman–Crippen MR) is 36.7 cm³/mol. The Labute approximate surface area is 53.6 Å². The molecule has 0 aliphatic carbocycles. The van der Waals surface area contributed by atoms with Gasteiger partial charge in [0.25, 0.3) is 0 Å². The Morgan fingerprint density at radius 1 is 1.29 bits per heavy atom. The highest BCUT2D eigenvalue weighted by Gasteiger charge is 1.94. The standard InChI is InChI=1S/C5H12BrN/c1-4(2)7-5(3)6/h4-5,7H,1-3H3. The number of hydrogen-bond donors (Lipinski definition) is 1. The lowest BCUT2D eigenvalue weighted by molar-refractivity contribution is 0.592. The second-order valence-electron chi connectivity index (χ2n) is 1.94. The normalized spacial score (nSPS) is 15.0. The molecule has 0 amide bonds. The van der Waals surface area contributed by atoms with Crippen molar-refractivity contribution in [3.05, 3.63) is 0 Å². The van der Waals surface area contributed by atoms with Crippen molar-refractivity contribution < 1.29 is 0 Å². The van der Waals surface area contributed by atoms with E-state index in [0.29, 0.717) is 11.0 Å². The Morgan fingerprint density at radius 2 is 1.71 bits per heavy atom. The van der Waals surface area contributed by atoms with Crippen LogP contribution in [-0.4, -0.2) is 11.0 Å². The monoisotopic (exact) mass is 165 g/mol. The number of hydrogen-bond acceptors (Lipinski definition) is 1. The van der Waals surface area contributed by atoms with Gasteiger partial charge in [0.2, 0.25) is 0 Å².